The topological polar surface area (TPSA) is 158 Å². The highest BCUT2D eigenvalue weighted by molar-refractivity contribution is 7.13. The number of nitrogens with one attached hydrogen (secondary N) is 3. The van der Waals surface area contributed by atoms with E-state index in [4.69, 9.17) is 9.16 Å². The predicted molar refractivity (Wildman–Crippen MR) is 159 cm³/mol. The minimum absolute atomic E-state index is 0.0814. The summed E-state index contributed by atoms with van der Waals surface area (Å²) in [6.07, 6.45) is 0.881. The van der Waals surface area contributed by atoms with Crippen LogP contribution in [0.25, 0.3) is 10.6 Å². The molecule has 0 unspecified atom stereocenters. The first kappa shape index (κ1) is 33.6. The molecule has 0 aliphatic heterocycles. The van der Waals surface area contributed by atoms with Gasteiger partial charge in [0.05, 0.1) is 13.7 Å². The molecule has 0 spiro atoms. The van der Waals surface area contributed by atoms with E-state index in [9.17, 15) is 19.2 Å². The van der Waals surface area contributed by atoms with E-state index >= 15 is 0 Å². The molecule has 0 aliphatic rings. The van der Waals surface area contributed by atoms with Gasteiger partial charge in [-0.2, -0.15) is 0 Å². The van der Waals surface area contributed by atoms with Gasteiger partial charge in [-0.05, 0) is 51.0 Å². The van der Waals surface area contributed by atoms with Crippen LogP contribution in [0.5, 0.6) is 0 Å². The number of amides is 3. The van der Waals surface area contributed by atoms with Crippen LogP contribution in [0.1, 0.15) is 52.0 Å². The molecular formula is C27H39N5O7SSi. The number of carbonyl (C=O) groups is 4. The van der Waals surface area contributed by atoms with Crippen LogP contribution >= 0.6 is 11.3 Å². The fourth-order valence-electron chi connectivity index (χ4n) is 2.85. The molecule has 3 amide bonds. The average molecular weight is 606 g/mol. The Hall–Kier alpha value is -3.62. The molecule has 0 saturated carbocycles. The van der Waals surface area contributed by atoms with Gasteiger partial charge in [-0.15, -0.1) is 11.3 Å². The van der Waals surface area contributed by atoms with Crippen molar-refractivity contribution in [3.8, 4) is 10.6 Å². The highest BCUT2D eigenvalue weighted by atomic mass is 32.1. The lowest BCUT2D eigenvalue weighted by Gasteiger charge is -2.37. The van der Waals surface area contributed by atoms with Crippen LogP contribution in [0.4, 0.5) is 10.6 Å². The van der Waals surface area contributed by atoms with Crippen molar-refractivity contribution in [3.63, 3.8) is 0 Å². The summed E-state index contributed by atoms with van der Waals surface area (Å²) in [6.45, 7) is 18.9. The fourth-order valence-corrected chi connectivity index (χ4v) is 4.65. The Labute approximate surface area is 245 Å². The summed E-state index contributed by atoms with van der Waals surface area (Å²) in [4.78, 5) is 58.4. The first-order valence-electron chi connectivity index (χ1n) is 12.8. The smallest absolute Gasteiger partial charge is 0.413 e. The number of methoxy groups -OCH3 is 1. The normalized spacial score (nSPS) is 12.6. The molecule has 2 aromatic heterocycles. The monoisotopic (exact) mass is 605 g/mol. The lowest BCUT2D eigenvalue weighted by Crippen LogP contribution is -2.52. The summed E-state index contributed by atoms with van der Waals surface area (Å²) >= 11 is 1.21. The zero-order valence-corrected chi connectivity index (χ0v) is 26.8. The van der Waals surface area contributed by atoms with E-state index in [-0.39, 0.29) is 23.0 Å². The summed E-state index contributed by atoms with van der Waals surface area (Å²) in [5.41, 5.74) is -0.211. The molecule has 0 aromatic carbocycles. The molecule has 0 bridgehead atoms. The third-order valence-electron chi connectivity index (χ3n) is 6.12. The first-order valence-corrected chi connectivity index (χ1v) is 16.6. The number of esters is 1. The maximum atomic E-state index is 13.1. The van der Waals surface area contributed by atoms with Gasteiger partial charge in [0, 0.05) is 17.1 Å². The van der Waals surface area contributed by atoms with Crippen molar-refractivity contribution >= 4 is 49.3 Å². The van der Waals surface area contributed by atoms with E-state index in [1.165, 1.54) is 24.6 Å². The van der Waals surface area contributed by atoms with Crippen molar-refractivity contribution < 1.29 is 33.1 Å². The molecule has 1 atom stereocenters. The molecule has 12 nitrogen and oxygen atoms in total. The van der Waals surface area contributed by atoms with E-state index in [2.05, 4.69) is 58.0 Å². The molecule has 2 aromatic rings. The van der Waals surface area contributed by atoms with Crippen LogP contribution in [0.3, 0.4) is 0 Å². The molecular weight excluding hydrogens is 566 g/mol. The molecule has 0 saturated heterocycles. The van der Waals surface area contributed by atoms with Crippen LogP contribution < -0.4 is 16.0 Å². The molecule has 0 fully saturated rings. The molecule has 0 radical (unpaired) electrons. The molecule has 3 N–H and O–H groups in total. The molecule has 224 valence electrons. The van der Waals surface area contributed by atoms with Gasteiger partial charge in [-0.1, -0.05) is 27.4 Å². The van der Waals surface area contributed by atoms with Crippen LogP contribution in [0, 0.1) is 0 Å². The fraction of sp³-hybridized carbons (Fsp3) is 0.481. The van der Waals surface area contributed by atoms with E-state index < -0.39 is 43.8 Å². The van der Waals surface area contributed by atoms with E-state index in [0.717, 1.165) is 0 Å². The number of aromatic nitrogens is 2. The quantitative estimate of drug-likeness (QED) is 0.202. The molecule has 0 aliphatic carbocycles. The number of hydrogen-bond acceptors (Lipinski definition) is 10. The number of thiazole rings is 1. The van der Waals surface area contributed by atoms with Gasteiger partial charge < -0.3 is 24.5 Å². The second kappa shape index (κ2) is 13.4. The standard InChI is InChI=1S/C27H39N5O7SSi/c1-16(24(35)37-8)29-21(33)18(14-38-41(9,10)27(5,6)7)30-22(34)19-15-40-23(31-19)17-11-12-20(28-13-17)32-25(36)39-26(2,3)4/h11-13,15,18H,1,14H2,2-10H3,(H,29,33)(H,30,34)(H,28,32,36)/t18-/m0/s1. The second-order valence-electron chi connectivity index (χ2n) is 11.7. The van der Waals surface area contributed by atoms with Crippen LogP contribution in [-0.2, 0) is 23.5 Å². The number of nitrogens with zero attached hydrogens (tertiary/aromatic N) is 2. The Morgan fingerprint density at radius 2 is 1.76 bits per heavy atom. The maximum absolute atomic E-state index is 13.1. The first-order chi connectivity index (χ1) is 18.8. The molecule has 2 heterocycles. The highest BCUT2D eigenvalue weighted by Gasteiger charge is 2.38. The summed E-state index contributed by atoms with van der Waals surface area (Å²) in [5, 5.41) is 9.50. The minimum Gasteiger partial charge on any atom is -0.464 e. The molecule has 41 heavy (non-hydrogen) atoms. The molecule has 14 heteroatoms. The molecule has 2 rings (SSSR count). The summed E-state index contributed by atoms with van der Waals surface area (Å²) in [6, 6.07) is 2.15. The van der Waals surface area contributed by atoms with Crippen molar-refractivity contribution in [3.05, 3.63) is 41.7 Å². The highest BCUT2D eigenvalue weighted by Crippen LogP contribution is 2.36. The number of ether oxygens (including phenoxy) is 2. The summed E-state index contributed by atoms with van der Waals surface area (Å²) in [5.74, 6) is -1.80. The number of hydrogen-bond donors (Lipinski definition) is 3. The van der Waals surface area contributed by atoms with Crippen molar-refractivity contribution in [1.82, 2.24) is 20.6 Å². The summed E-state index contributed by atoms with van der Waals surface area (Å²) in [7, 11) is -1.11. The maximum Gasteiger partial charge on any atom is 0.413 e. The van der Waals surface area contributed by atoms with Crippen molar-refractivity contribution in [2.24, 2.45) is 0 Å². The van der Waals surface area contributed by atoms with Crippen LogP contribution in [0.15, 0.2) is 36.0 Å². The number of rotatable bonds is 10. The third-order valence-corrected chi connectivity index (χ3v) is 11.5. The predicted octanol–water partition coefficient (Wildman–Crippen LogP) is 4.48. The van der Waals surface area contributed by atoms with Crippen molar-refractivity contribution in [1.29, 1.82) is 0 Å². The van der Waals surface area contributed by atoms with E-state index in [1.807, 2.05) is 13.1 Å². The summed E-state index contributed by atoms with van der Waals surface area (Å²) < 4.78 is 16.0. The SMILES string of the molecule is C=C(NC(=O)[C@H](CO[Si](C)(C)C(C)(C)C)NC(=O)c1csc(-c2ccc(NC(=O)OC(C)(C)C)nc2)n1)C(=O)OC. The largest absolute Gasteiger partial charge is 0.464 e. The van der Waals surface area contributed by atoms with Gasteiger partial charge in [-0.25, -0.2) is 19.6 Å². The van der Waals surface area contributed by atoms with Gasteiger partial charge >= 0.3 is 12.1 Å². The Morgan fingerprint density at radius 3 is 2.29 bits per heavy atom. The Bertz CT molecular complexity index is 1280. The van der Waals surface area contributed by atoms with Gasteiger partial charge in [0.2, 0.25) is 5.91 Å². The third kappa shape index (κ3) is 10.1. The van der Waals surface area contributed by atoms with Gasteiger partial charge in [-0.3, -0.25) is 14.9 Å². The van der Waals surface area contributed by atoms with Crippen LogP contribution in [0.2, 0.25) is 18.1 Å². The second-order valence-corrected chi connectivity index (χ2v) is 17.3. The lowest BCUT2D eigenvalue weighted by atomic mass is 10.2. The van der Waals surface area contributed by atoms with Crippen LogP contribution in [-0.4, -0.2) is 67.5 Å². The average Bonchev–Trinajstić information content (AvgIpc) is 3.35. The van der Waals surface area contributed by atoms with Gasteiger partial charge in [0.1, 0.15) is 33.9 Å². The lowest BCUT2D eigenvalue weighted by molar-refractivity contribution is -0.138. The Kier molecular flexibility index (Phi) is 10.9. The number of anilines is 1. The zero-order chi connectivity index (χ0) is 31.2. The van der Waals surface area contributed by atoms with Crippen molar-refractivity contribution in [2.75, 3.05) is 19.0 Å². The van der Waals surface area contributed by atoms with Gasteiger partial charge in [0.15, 0.2) is 8.32 Å². The van der Waals surface area contributed by atoms with E-state index in [0.29, 0.717) is 16.4 Å². The van der Waals surface area contributed by atoms with Gasteiger partial charge in [0.25, 0.3) is 5.91 Å². The van der Waals surface area contributed by atoms with Crippen molar-refractivity contribution in [2.45, 2.75) is 71.3 Å². The van der Waals surface area contributed by atoms with E-state index in [1.54, 1.807) is 38.3 Å². The minimum atomic E-state index is -2.28. The number of carbonyl (C=O) groups excluding carboxylic acids is 4. The Balaban J connectivity index is 2.16. The Morgan fingerprint density at radius 1 is 1.10 bits per heavy atom. The number of pyridine rings is 1. The zero-order valence-electron chi connectivity index (χ0n) is 25.0.